The van der Waals surface area contributed by atoms with E-state index in [0.29, 0.717) is 24.2 Å². The number of fused-ring (bicyclic) bond motifs is 1. The highest BCUT2D eigenvalue weighted by atomic mass is 32.2. The zero-order valence-electron chi connectivity index (χ0n) is 20.8. The van der Waals surface area contributed by atoms with Gasteiger partial charge in [0.05, 0.1) is 24.9 Å². The first-order valence-corrected chi connectivity index (χ1v) is 13.3. The molecule has 4 aromatic rings. The van der Waals surface area contributed by atoms with Gasteiger partial charge in [0.2, 0.25) is 15.9 Å². The topological polar surface area (TPSA) is 83.7 Å². The fourth-order valence-electron chi connectivity index (χ4n) is 4.10. The number of carbonyl (C=O) groups is 1. The van der Waals surface area contributed by atoms with Gasteiger partial charge in [0.25, 0.3) is 0 Å². The van der Waals surface area contributed by atoms with Crippen molar-refractivity contribution in [1.29, 1.82) is 0 Å². The smallest absolute Gasteiger partial charge is 0.246 e. The first-order chi connectivity index (χ1) is 17.2. The van der Waals surface area contributed by atoms with Gasteiger partial charge in [-0.1, -0.05) is 48.5 Å². The van der Waals surface area contributed by atoms with E-state index in [-0.39, 0.29) is 23.9 Å². The van der Waals surface area contributed by atoms with Gasteiger partial charge in [-0.3, -0.25) is 9.78 Å². The Morgan fingerprint density at radius 2 is 1.69 bits per heavy atom. The molecule has 0 aliphatic rings. The van der Waals surface area contributed by atoms with Crippen molar-refractivity contribution in [3.05, 3.63) is 96.6 Å². The fraction of sp³-hybridized carbons (Fsp3) is 0.286. The van der Waals surface area contributed by atoms with E-state index in [2.05, 4.69) is 4.98 Å². The molecule has 0 bridgehead atoms. The molecule has 0 radical (unpaired) electrons. The fourth-order valence-corrected chi connectivity index (χ4v) is 6.00. The average Bonchev–Trinajstić information content (AvgIpc) is 3.37. The Morgan fingerprint density at radius 3 is 2.39 bits per heavy atom. The zero-order chi connectivity index (χ0) is 25.8. The Hall–Kier alpha value is -3.49. The summed E-state index contributed by atoms with van der Waals surface area (Å²) >= 11 is 0. The highest BCUT2D eigenvalue weighted by molar-refractivity contribution is 7.89. The minimum absolute atomic E-state index is 0.0881. The van der Waals surface area contributed by atoms with Gasteiger partial charge in [0, 0.05) is 23.7 Å². The Morgan fingerprint density at radius 1 is 0.944 bits per heavy atom. The molecule has 0 spiro atoms. The van der Waals surface area contributed by atoms with Gasteiger partial charge < -0.3 is 9.32 Å². The normalized spacial score (nSPS) is 12.2. The summed E-state index contributed by atoms with van der Waals surface area (Å²) in [4.78, 5) is 19.7. The summed E-state index contributed by atoms with van der Waals surface area (Å²) < 4.78 is 34.6. The van der Waals surface area contributed by atoms with Crippen LogP contribution in [0.15, 0.2) is 94.6 Å². The summed E-state index contributed by atoms with van der Waals surface area (Å²) in [7, 11) is -4.04. The quantitative estimate of drug-likeness (QED) is 0.323. The van der Waals surface area contributed by atoms with Crippen LogP contribution in [0.5, 0.6) is 0 Å². The number of pyridine rings is 1. The third-order valence-electron chi connectivity index (χ3n) is 5.98. The molecule has 0 aliphatic heterocycles. The number of sulfonamides is 1. The van der Waals surface area contributed by atoms with Crippen LogP contribution in [0.2, 0.25) is 0 Å². The van der Waals surface area contributed by atoms with Gasteiger partial charge in [0.1, 0.15) is 10.7 Å². The van der Waals surface area contributed by atoms with Crippen molar-refractivity contribution in [2.75, 3.05) is 13.1 Å². The number of furan rings is 1. The van der Waals surface area contributed by atoms with Crippen LogP contribution in [0.4, 0.5) is 0 Å². The van der Waals surface area contributed by atoms with E-state index in [1.54, 1.807) is 62.4 Å². The second-order valence-corrected chi connectivity index (χ2v) is 11.5. The summed E-state index contributed by atoms with van der Waals surface area (Å²) in [5, 5.41) is 0.723. The molecule has 0 fully saturated rings. The van der Waals surface area contributed by atoms with Gasteiger partial charge >= 0.3 is 0 Å². The maximum atomic E-state index is 13.9. The maximum absolute atomic E-state index is 13.9. The van der Waals surface area contributed by atoms with Gasteiger partial charge in [0.15, 0.2) is 0 Å². The van der Waals surface area contributed by atoms with Crippen LogP contribution in [-0.4, -0.2) is 47.1 Å². The number of nitrogens with zero attached hydrogens (tertiary/aromatic N) is 3. The highest BCUT2D eigenvalue weighted by Crippen LogP contribution is 2.29. The van der Waals surface area contributed by atoms with Crippen LogP contribution in [0.25, 0.3) is 10.9 Å². The van der Waals surface area contributed by atoms with E-state index in [9.17, 15) is 13.2 Å². The van der Waals surface area contributed by atoms with Crippen LogP contribution in [-0.2, 0) is 27.8 Å². The lowest BCUT2D eigenvalue weighted by Crippen LogP contribution is -2.51. The van der Waals surface area contributed by atoms with Crippen molar-refractivity contribution in [3.63, 3.8) is 0 Å². The van der Waals surface area contributed by atoms with Crippen molar-refractivity contribution in [1.82, 2.24) is 14.2 Å². The molecule has 0 unspecified atom stereocenters. The molecule has 188 valence electrons. The molecular weight excluding hydrogens is 474 g/mol. The molecule has 36 heavy (non-hydrogen) atoms. The minimum atomic E-state index is -4.04. The van der Waals surface area contributed by atoms with Gasteiger partial charge in [-0.15, -0.1) is 0 Å². The summed E-state index contributed by atoms with van der Waals surface area (Å²) in [6.45, 7) is 5.75. The standard InChI is InChI=1S/C28H31N3O4S/c1-28(2,3)31(36(33,34)25-15-7-12-23-13-8-17-29-27(23)25)21-26(32)30(20-24-14-9-19-35-24)18-16-22-10-5-4-6-11-22/h4-15,17,19H,16,18,20-21H2,1-3H3. The van der Waals surface area contributed by atoms with Crippen molar-refractivity contribution in [2.24, 2.45) is 0 Å². The molecule has 1 amide bonds. The molecule has 2 heterocycles. The summed E-state index contributed by atoms with van der Waals surface area (Å²) in [5.41, 5.74) is 0.636. The molecule has 0 saturated carbocycles. The van der Waals surface area contributed by atoms with E-state index in [1.807, 2.05) is 48.5 Å². The van der Waals surface area contributed by atoms with E-state index in [0.717, 1.165) is 10.9 Å². The van der Waals surface area contributed by atoms with Crippen molar-refractivity contribution in [3.8, 4) is 0 Å². The first kappa shape index (κ1) is 25.6. The van der Waals surface area contributed by atoms with Crippen LogP contribution in [0.3, 0.4) is 0 Å². The predicted molar refractivity (Wildman–Crippen MR) is 140 cm³/mol. The average molecular weight is 506 g/mol. The Labute approximate surface area is 212 Å². The molecule has 0 atom stereocenters. The summed E-state index contributed by atoms with van der Waals surface area (Å²) in [6.07, 6.45) is 3.78. The second-order valence-electron chi connectivity index (χ2n) is 9.64. The van der Waals surface area contributed by atoms with Crippen molar-refractivity contribution in [2.45, 2.75) is 44.2 Å². The van der Waals surface area contributed by atoms with Gasteiger partial charge in [-0.05, 0) is 57.0 Å². The number of benzene rings is 2. The van der Waals surface area contributed by atoms with E-state index < -0.39 is 15.6 Å². The number of para-hydroxylation sites is 1. The molecule has 4 rings (SSSR count). The molecular formula is C28H31N3O4S. The lowest BCUT2D eigenvalue weighted by Gasteiger charge is -2.35. The molecule has 0 aliphatic carbocycles. The van der Waals surface area contributed by atoms with Gasteiger partial charge in [-0.25, -0.2) is 8.42 Å². The number of hydrogen-bond acceptors (Lipinski definition) is 5. The molecule has 0 N–H and O–H groups in total. The number of hydrogen-bond donors (Lipinski definition) is 0. The Bertz CT molecular complexity index is 1410. The summed E-state index contributed by atoms with van der Waals surface area (Å²) in [5.74, 6) is 0.342. The van der Waals surface area contributed by atoms with Gasteiger partial charge in [-0.2, -0.15) is 4.31 Å². The first-order valence-electron chi connectivity index (χ1n) is 11.9. The lowest BCUT2D eigenvalue weighted by atomic mass is 10.1. The van der Waals surface area contributed by atoms with Crippen LogP contribution >= 0.6 is 0 Å². The van der Waals surface area contributed by atoms with Crippen LogP contribution in [0.1, 0.15) is 32.1 Å². The minimum Gasteiger partial charge on any atom is -0.467 e. The molecule has 2 aromatic carbocycles. The van der Waals surface area contributed by atoms with Crippen molar-refractivity contribution < 1.29 is 17.6 Å². The van der Waals surface area contributed by atoms with Crippen LogP contribution < -0.4 is 0 Å². The van der Waals surface area contributed by atoms with Crippen LogP contribution in [0, 0.1) is 0 Å². The third-order valence-corrected chi connectivity index (χ3v) is 8.13. The highest BCUT2D eigenvalue weighted by Gasteiger charge is 2.37. The molecule has 8 heteroatoms. The monoisotopic (exact) mass is 505 g/mol. The SMILES string of the molecule is CC(C)(C)N(CC(=O)N(CCc1ccccc1)Cc1ccco1)S(=O)(=O)c1cccc2cccnc12. The van der Waals surface area contributed by atoms with E-state index >= 15 is 0 Å². The molecule has 7 nitrogen and oxygen atoms in total. The predicted octanol–water partition coefficient (Wildman–Crippen LogP) is 4.89. The van der Waals surface area contributed by atoms with E-state index in [1.165, 1.54) is 4.31 Å². The maximum Gasteiger partial charge on any atom is 0.246 e. The third kappa shape index (κ3) is 5.83. The largest absolute Gasteiger partial charge is 0.467 e. The number of rotatable bonds is 9. The Kier molecular flexibility index (Phi) is 7.56. The summed E-state index contributed by atoms with van der Waals surface area (Å²) in [6, 6.07) is 22.1. The lowest BCUT2D eigenvalue weighted by molar-refractivity contribution is -0.133. The van der Waals surface area contributed by atoms with E-state index in [4.69, 9.17) is 4.42 Å². The molecule has 0 saturated heterocycles. The zero-order valence-corrected chi connectivity index (χ0v) is 21.6. The Balaban J connectivity index is 1.64. The number of amides is 1. The van der Waals surface area contributed by atoms with Crippen molar-refractivity contribution >= 4 is 26.8 Å². The number of aromatic nitrogens is 1. The second kappa shape index (κ2) is 10.6. The molecule has 2 aromatic heterocycles. The number of carbonyl (C=O) groups excluding carboxylic acids is 1.